The minimum absolute atomic E-state index is 0.143. The number of rotatable bonds is 6. The van der Waals surface area contributed by atoms with Crippen molar-refractivity contribution in [2.45, 2.75) is 39.5 Å². The molecule has 25 heavy (non-hydrogen) atoms. The second-order valence-electron chi connectivity index (χ2n) is 6.39. The second kappa shape index (κ2) is 8.06. The minimum Gasteiger partial charge on any atom is -0.261 e. The molecule has 2 heteroatoms. The smallest absolute Gasteiger partial charge is 0.131 e. The molecule has 0 unspecified atom stereocenters. The average Bonchev–Trinajstić information content (AvgIpc) is 2.67. The van der Waals surface area contributed by atoms with Gasteiger partial charge in [-0.15, -0.1) is 0 Å². The van der Waals surface area contributed by atoms with E-state index in [0.29, 0.717) is 5.56 Å². The summed E-state index contributed by atoms with van der Waals surface area (Å²) in [5.74, 6) is -0.143. The molecule has 1 aromatic heterocycles. The van der Waals surface area contributed by atoms with Crippen LogP contribution in [0.2, 0.25) is 0 Å². The Kier molecular flexibility index (Phi) is 5.60. The Morgan fingerprint density at radius 2 is 1.56 bits per heavy atom. The average molecular weight is 333 g/mol. The third kappa shape index (κ3) is 4.14. The monoisotopic (exact) mass is 333 g/mol. The Labute approximate surface area is 149 Å². The fourth-order valence-corrected chi connectivity index (χ4v) is 2.98. The lowest BCUT2D eigenvalue weighted by atomic mass is 9.98. The fraction of sp³-hybridized carbons (Fsp3) is 0.261. The number of benzene rings is 2. The topological polar surface area (TPSA) is 12.9 Å². The molecule has 0 saturated heterocycles. The number of hydrogen-bond acceptors (Lipinski definition) is 1. The van der Waals surface area contributed by atoms with Crippen molar-refractivity contribution < 1.29 is 4.39 Å². The summed E-state index contributed by atoms with van der Waals surface area (Å²) in [6.45, 7) is 4.25. The van der Waals surface area contributed by atoms with Crippen molar-refractivity contribution in [1.82, 2.24) is 4.98 Å². The van der Waals surface area contributed by atoms with Gasteiger partial charge in [0, 0.05) is 23.0 Å². The van der Waals surface area contributed by atoms with Crippen LogP contribution < -0.4 is 0 Å². The molecule has 0 bridgehead atoms. The Bertz CT molecular complexity index is 820. The van der Waals surface area contributed by atoms with Crippen LogP contribution in [0.5, 0.6) is 0 Å². The molecule has 2 aromatic carbocycles. The zero-order valence-electron chi connectivity index (χ0n) is 14.9. The van der Waals surface area contributed by atoms with Crippen LogP contribution in [0.25, 0.3) is 22.3 Å². The molecule has 0 aliphatic carbocycles. The molecule has 0 atom stereocenters. The van der Waals surface area contributed by atoms with Gasteiger partial charge in [-0.05, 0) is 48.1 Å². The number of halogens is 1. The normalized spacial score (nSPS) is 10.8. The molecule has 0 saturated carbocycles. The number of aromatic nitrogens is 1. The number of pyridine rings is 1. The molecule has 1 nitrogen and oxygen atoms in total. The maximum Gasteiger partial charge on any atom is 0.131 e. The van der Waals surface area contributed by atoms with Crippen molar-refractivity contribution in [3.8, 4) is 22.3 Å². The molecular formula is C23H24FN. The maximum absolute atomic E-state index is 14.5. The fourth-order valence-electron chi connectivity index (χ4n) is 2.98. The molecule has 3 aromatic rings. The molecule has 0 amide bonds. The molecule has 0 fully saturated rings. The molecular weight excluding hydrogens is 309 g/mol. The van der Waals surface area contributed by atoms with Gasteiger partial charge in [0.25, 0.3) is 0 Å². The summed E-state index contributed by atoms with van der Waals surface area (Å²) < 4.78 is 14.5. The molecule has 0 N–H and O–H groups in total. The number of unbranched alkanes of at least 4 members (excludes halogenated alkanes) is 1. The molecule has 0 spiro atoms. The molecule has 0 aliphatic rings. The Hall–Kier alpha value is -2.48. The Morgan fingerprint density at radius 1 is 0.840 bits per heavy atom. The van der Waals surface area contributed by atoms with E-state index in [-0.39, 0.29) is 5.82 Å². The summed E-state index contributed by atoms with van der Waals surface area (Å²) in [6.07, 6.45) is 5.99. The zero-order chi connectivity index (χ0) is 17.6. The van der Waals surface area contributed by atoms with E-state index >= 15 is 0 Å². The highest BCUT2D eigenvalue weighted by molar-refractivity contribution is 5.70. The third-order valence-electron chi connectivity index (χ3n) is 4.57. The van der Waals surface area contributed by atoms with E-state index in [1.807, 2.05) is 42.6 Å². The van der Waals surface area contributed by atoms with Gasteiger partial charge < -0.3 is 0 Å². The highest BCUT2D eigenvalue weighted by atomic mass is 19.1. The Morgan fingerprint density at radius 3 is 2.16 bits per heavy atom. The lowest BCUT2D eigenvalue weighted by molar-refractivity contribution is 0.627. The van der Waals surface area contributed by atoms with E-state index < -0.39 is 0 Å². The number of aryl methyl sites for hydroxylation is 2. The van der Waals surface area contributed by atoms with Crippen molar-refractivity contribution in [2.75, 3.05) is 0 Å². The molecule has 1 heterocycles. The van der Waals surface area contributed by atoms with Crippen molar-refractivity contribution >= 4 is 0 Å². The van der Waals surface area contributed by atoms with E-state index in [1.165, 1.54) is 0 Å². The minimum atomic E-state index is -0.143. The first-order chi connectivity index (χ1) is 12.2. The van der Waals surface area contributed by atoms with Gasteiger partial charge in [-0.2, -0.15) is 0 Å². The van der Waals surface area contributed by atoms with Crippen molar-refractivity contribution in [1.29, 1.82) is 0 Å². The molecule has 128 valence electrons. The van der Waals surface area contributed by atoms with E-state index in [4.69, 9.17) is 0 Å². The first-order valence-corrected chi connectivity index (χ1v) is 9.05. The first kappa shape index (κ1) is 17.3. The van der Waals surface area contributed by atoms with Crippen LogP contribution in [0.3, 0.4) is 0 Å². The van der Waals surface area contributed by atoms with Gasteiger partial charge in [0.2, 0.25) is 0 Å². The standard InChI is InChI=1S/C23H24FN/c1-3-5-6-17-7-14-22(23(24)15-17)19-10-8-18(9-11-19)20-12-13-21(4-2)25-16-20/h7-16H,3-6H2,1-2H3. The summed E-state index contributed by atoms with van der Waals surface area (Å²) in [4.78, 5) is 4.44. The van der Waals surface area contributed by atoms with E-state index in [2.05, 4.69) is 31.0 Å². The van der Waals surface area contributed by atoms with E-state index in [9.17, 15) is 4.39 Å². The van der Waals surface area contributed by atoms with Crippen molar-refractivity contribution in [3.05, 3.63) is 77.9 Å². The highest BCUT2D eigenvalue weighted by Gasteiger charge is 2.07. The van der Waals surface area contributed by atoms with Crippen LogP contribution in [0.1, 0.15) is 37.9 Å². The van der Waals surface area contributed by atoms with Gasteiger partial charge in [0.15, 0.2) is 0 Å². The zero-order valence-corrected chi connectivity index (χ0v) is 14.9. The molecule has 0 aliphatic heterocycles. The first-order valence-electron chi connectivity index (χ1n) is 9.05. The van der Waals surface area contributed by atoms with Gasteiger partial charge >= 0.3 is 0 Å². The van der Waals surface area contributed by atoms with Gasteiger partial charge in [-0.3, -0.25) is 4.98 Å². The number of hydrogen-bond donors (Lipinski definition) is 0. The van der Waals surface area contributed by atoms with Gasteiger partial charge in [-0.1, -0.05) is 62.7 Å². The van der Waals surface area contributed by atoms with Crippen LogP contribution >= 0.6 is 0 Å². The largest absolute Gasteiger partial charge is 0.261 e. The lowest BCUT2D eigenvalue weighted by Crippen LogP contribution is -1.90. The predicted octanol–water partition coefficient (Wildman–Crippen LogP) is 6.46. The highest BCUT2D eigenvalue weighted by Crippen LogP contribution is 2.27. The summed E-state index contributed by atoms with van der Waals surface area (Å²) >= 11 is 0. The summed E-state index contributed by atoms with van der Waals surface area (Å²) in [5.41, 5.74) is 5.90. The Balaban J connectivity index is 1.82. The van der Waals surface area contributed by atoms with Crippen LogP contribution in [0, 0.1) is 5.82 Å². The van der Waals surface area contributed by atoms with E-state index in [0.717, 1.165) is 53.6 Å². The summed E-state index contributed by atoms with van der Waals surface area (Å²) in [6, 6.07) is 17.8. The van der Waals surface area contributed by atoms with Crippen LogP contribution in [0.15, 0.2) is 60.8 Å². The number of nitrogens with zero attached hydrogens (tertiary/aromatic N) is 1. The quantitative estimate of drug-likeness (QED) is 0.504. The van der Waals surface area contributed by atoms with Gasteiger partial charge in [-0.25, -0.2) is 4.39 Å². The van der Waals surface area contributed by atoms with Crippen LogP contribution in [0.4, 0.5) is 4.39 Å². The van der Waals surface area contributed by atoms with Crippen molar-refractivity contribution in [2.24, 2.45) is 0 Å². The van der Waals surface area contributed by atoms with E-state index in [1.54, 1.807) is 6.07 Å². The van der Waals surface area contributed by atoms with Crippen molar-refractivity contribution in [3.63, 3.8) is 0 Å². The van der Waals surface area contributed by atoms with Gasteiger partial charge in [0.1, 0.15) is 5.82 Å². The SMILES string of the molecule is CCCCc1ccc(-c2ccc(-c3ccc(CC)nc3)cc2)c(F)c1. The molecule has 0 radical (unpaired) electrons. The second-order valence-corrected chi connectivity index (χ2v) is 6.39. The summed E-state index contributed by atoms with van der Waals surface area (Å²) in [5, 5.41) is 0. The predicted molar refractivity (Wildman–Crippen MR) is 103 cm³/mol. The van der Waals surface area contributed by atoms with Gasteiger partial charge in [0.05, 0.1) is 0 Å². The third-order valence-corrected chi connectivity index (χ3v) is 4.57. The lowest BCUT2D eigenvalue weighted by Gasteiger charge is -2.08. The van der Waals surface area contributed by atoms with Crippen LogP contribution in [-0.2, 0) is 12.8 Å². The molecule has 3 rings (SSSR count). The summed E-state index contributed by atoms with van der Waals surface area (Å²) in [7, 11) is 0. The maximum atomic E-state index is 14.5. The van der Waals surface area contributed by atoms with Crippen LogP contribution in [-0.4, -0.2) is 4.98 Å².